The second-order valence-corrected chi connectivity index (χ2v) is 4.92. The molecule has 14 heavy (non-hydrogen) atoms. The number of carbonyl (C=O) groups is 1. The molecule has 2 bridgehead atoms. The molecule has 2 unspecified atom stereocenters. The Morgan fingerprint density at radius 2 is 1.79 bits per heavy atom. The summed E-state index contributed by atoms with van der Waals surface area (Å²) in [7, 11) is 0. The molecule has 2 fully saturated rings. The van der Waals surface area contributed by atoms with Crippen LogP contribution in [0.2, 0.25) is 0 Å². The van der Waals surface area contributed by atoms with Crippen molar-refractivity contribution in [3.05, 3.63) is 0 Å². The topological polar surface area (TPSA) is 101 Å². The van der Waals surface area contributed by atoms with E-state index in [-0.39, 0.29) is 16.3 Å². The van der Waals surface area contributed by atoms with E-state index >= 15 is 0 Å². The summed E-state index contributed by atoms with van der Waals surface area (Å²) in [6.07, 6.45) is 3.25. The Morgan fingerprint density at radius 1 is 1.29 bits per heavy atom. The minimum absolute atomic E-state index is 0. The van der Waals surface area contributed by atoms with Crippen molar-refractivity contribution in [3.8, 4) is 0 Å². The molecule has 2 atom stereocenters. The predicted molar refractivity (Wildman–Crippen MR) is 56.2 cm³/mol. The van der Waals surface area contributed by atoms with Crippen LogP contribution in [0.4, 0.5) is 0 Å². The Balaban J connectivity index is 0.000000531. The molecule has 0 aliphatic heterocycles. The average molecular weight is 202 g/mol. The summed E-state index contributed by atoms with van der Waals surface area (Å²) in [5.41, 5.74) is 0.307. The van der Waals surface area contributed by atoms with Crippen molar-refractivity contribution < 1.29 is 10.3 Å². The lowest BCUT2D eigenvalue weighted by Crippen LogP contribution is -2.32. The molecule has 0 heterocycles. The number of rotatable bonds is 0. The number of hydrogen-bond acceptors (Lipinski definition) is 3. The van der Waals surface area contributed by atoms with Gasteiger partial charge in [0, 0.05) is 11.8 Å². The third-order valence-electron chi connectivity index (χ3n) is 4.48. The molecular formula is C10H22N2O2. The summed E-state index contributed by atoms with van der Waals surface area (Å²) < 4.78 is 0. The number of fused-ring (bicyclic) bond motifs is 2. The van der Waals surface area contributed by atoms with E-state index < -0.39 is 0 Å². The van der Waals surface area contributed by atoms with Gasteiger partial charge in [0.1, 0.15) is 5.78 Å². The second-order valence-electron chi connectivity index (χ2n) is 4.92. The van der Waals surface area contributed by atoms with Gasteiger partial charge in [-0.3, -0.25) is 16.5 Å². The van der Waals surface area contributed by atoms with E-state index in [2.05, 4.69) is 32.5 Å². The zero-order chi connectivity index (χ0) is 10.3. The molecule has 0 saturated heterocycles. The second kappa shape index (κ2) is 3.96. The molecule has 84 valence electrons. The molecule has 0 radical (unpaired) electrons. The van der Waals surface area contributed by atoms with E-state index in [0.717, 1.165) is 12.8 Å². The highest BCUT2D eigenvalue weighted by Gasteiger charge is 2.61. The minimum Gasteiger partial charge on any atom is -0.412 e. The number of nitrogens with two attached hydrogens (primary N) is 2. The van der Waals surface area contributed by atoms with Gasteiger partial charge in [0.05, 0.1) is 0 Å². The molecule has 0 spiro atoms. The van der Waals surface area contributed by atoms with Crippen LogP contribution < -0.4 is 11.7 Å². The van der Waals surface area contributed by atoms with Crippen LogP contribution in [0.25, 0.3) is 0 Å². The number of hydrazine groups is 1. The molecule has 2 rings (SSSR count). The monoisotopic (exact) mass is 202 g/mol. The number of hydrogen-bond donors (Lipinski definition) is 2. The summed E-state index contributed by atoms with van der Waals surface area (Å²) in [5, 5.41) is 0. The summed E-state index contributed by atoms with van der Waals surface area (Å²) in [5.74, 6) is 9.19. The van der Waals surface area contributed by atoms with Crippen LogP contribution >= 0.6 is 0 Å². The zero-order valence-corrected chi connectivity index (χ0v) is 9.26. The molecule has 4 heteroatoms. The zero-order valence-electron chi connectivity index (χ0n) is 9.26. The first-order valence-corrected chi connectivity index (χ1v) is 4.85. The van der Waals surface area contributed by atoms with Gasteiger partial charge in [0.25, 0.3) is 0 Å². The Bertz CT molecular complexity index is 228. The van der Waals surface area contributed by atoms with Crippen molar-refractivity contribution in [3.63, 3.8) is 0 Å². The molecule has 6 N–H and O–H groups in total. The van der Waals surface area contributed by atoms with Crippen LogP contribution in [0.1, 0.15) is 40.0 Å². The lowest BCUT2D eigenvalue weighted by atomic mass is 9.70. The van der Waals surface area contributed by atoms with E-state index in [1.54, 1.807) is 0 Å². The van der Waals surface area contributed by atoms with Gasteiger partial charge < -0.3 is 5.48 Å². The largest absolute Gasteiger partial charge is 0.412 e. The summed E-state index contributed by atoms with van der Waals surface area (Å²) >= 11 is 0. The van der Waals surface area contributed by atoms with Crippen molar-refractivity contribution in [1.82, 2.24) is 0 Å². The van der Waals surface area contributed by atoms with Gasteiger partial charge in [-0.1, -0.05) is 20.8 Å². The first kappa shape index (κ1) is 13.5. The van der Waals surface area contributed by atoms with Gasteiger partial charge in [0.15, 0.2) is 0 Å². The maximum atomic E-state index is 11.6. The third kappa shape index (κ3) is 1.38. The fourth-order valence-electron chi connectivity index (χ4n) is 2.90. The fourth-order valence-corrected chi connectivity index (χ4v) is 2.90. The smallest absolute Gasteiger partial charge is 0.139 e. The Hall–Kier alpha value is -0.450. The van der Waals surface area contributed by atoms with Crippen molar-refractivity contribution in [2.75, 3.05) is 0 Å². The molecule has 0 aromatic rings. The van der Waals surface area contributed by atoms with Crippen molar-refractivity contribution >= 4 is 5.78 Å². The van der Waals surface area contributed by atoms with E-state index in [9.17, 15) is 4.79 Å². The normalized spacial score (nSPS) is 37.2. The SMILES string of the molecule is CC12CCC(CC1=O)C2(C)C.NN.O. The standard InChI is InChI=1S/C10H16O.H4N2.H2O/c1-9(2)7-4-5-10(9,3)8(11)6-7;1-2;/h7H,4-6H2,1-3H3;1-2H2;1H2. The predicted octanol–water partition coefficient (Wildman–Crippen LogP) is 0.396. The third-order valence-corrected chi connectivity index (χ3v) is 4.48. The molecule has 2 aliphatic carbocycles. The highest BCUT2D eigenvalue weighted by molar-refractivity contribution is 5.89. The molecule has 4 nitrogen and oxygen atoms in total. The highest BCUT2D eigenvalue weighted by Crippen LogP contribution is 2.63. The molecular weight excluding hydrogens is 180 g/mol. The Kier molecular flexibility index (Phi) is 3.84. The van der Waals surface area contributed by atoms with Gasteiger partial charge in [-0.15, -0.1) is 0 Å². The van der Waals surface area contributed by atoms with E-state index in [4.69, 9.17) is 0 Å². The summed E-state index contributed by atoms with van der Waals surface area (Å²) in [4.78, 5) is 11.6. The van der Waals surface area contributed by atoms with Crippen LogP contribution in [0.5, 0.6) is 0 Å². The maximum absolute atomic E-state index is 11.6. The van der Waals surface area contributed by atoms with Crippen molar-refractivity contribution in [1.29, 1.82) is 0 Å². The minimum atomic E-state index is 0. The van der Waals surface area contributed by atoms with Gasteiger partial charge in [-0.25, -0.2) is 0 Å². The van der Waals surface area contributed by atoms with Crippen LogP contribution in [-0.2, 0) is 4.79 Å². The highest BCUT2D eigenvalue weighted by atomic mass is 16.1. The van der Waals surface area contributed by atoms with Crippen LogP contribution in [-0.4, -0.2) is 11.3 Å². The number of carbonyl (C=O) groups excluding carboxylic acids is 1. The van der Waals surface area contributed by atoms with Crippen molar-refractivity contribution in [2.24, 2.45) is 28.4 Å². The Labute approximate surface area is 85.3 Å². The quantitative estimate of drug-likeness (QED) is 0.439. The van der Waals surface area contributed by atoms with Crippen LogP contribution in [0.15, 0.2) is 0 Å². The summed E-state index contributed by atoms with van der Waals surface area (Å²) in [6.45, 7) is 6.67. The summed E-state index contributed by atoms with van der Waals surface area (Å²) in [6, 6.07) is 0. The van der Waals surface area contributed by atoms with Crippen molar-refractivity contribution in [2.45, 2.75) is 40.0 Å². The lowest BCUT2D eigenvalue weighted by molar-refractivity contribution is -0.128. The molecule has 0 aromatic carbocycles. The van der Waals surface area contributed by atoms with E-state index in [0.29, 0.717) is 11.7 Å². The molecule has 0 aromatic heterocycles. The van der Waals surface area contributed by atoms with Gasteiger partial charge in [0.2, 0.25) is 0 Å². The lowest BCUT2D eigenvalue weighted by Gasteiger charge is -2.32. The average Bonchev–Trinajstić information content (AvgIpc) is 2.41. The fraction of sp³-hybridized carbons (Fsp3) is 0.900. The molecule has 2 saturated carbocycles. The van der Waals surface area contributed by atoms with E-state index in [1.807, 2.05) is 0 Å². The van der Waals surface area contributed by atoms with Gasteiger partial charge >= 0.3 is 0 Å². The molecule has 0 amide bonds. The Morgan fingerprint density at radius 3 is 1.93 bits per heavy atom. The van der Waals surface area contributed by atoms with E-state index in [1.165, 1.54) is 6.42 Å². The maximum Gasteiger partial charge on any atom is 0.139 e. The molecule has 2 aliphatic rings. The number of Topliss-reactive ketones (excluding diaryl/α,β-unsaturated/α-hetero) is 1. The first-order chi connectivity index (χ1) is 5.98. The van der Waals surface area contributed by atoms with Crippen LogP contribution in [0.3, 0.4) is 0 Å². The first-order valence-electron chi connectivity index (χ1n) is 4.85. The van der Waals surface area contributed by atoms with Gasteiger partial charge in [-0.05, 0) is 24.2 Å². The van der Waals surface area contributed by atoms with Crippen LogP contribution in [0, 0.1) is 16.7 Å². The van der Waals surface area contributed by atoms with Gasteiger partial charge in [-0.2, -0.15) is 0 Å². The number of ketones is 1.